The molecule has 24 heavy (non-hydrogen) atoms. The van der Waals surface area contributed by atoms with Crippen LogP contribution in [0.3, 0.4) is 0 Å². The number of para-hydroxylation sites is 2. The molecule has 128 valence electrons. The fourth-order valence-corrected chi connectivity index (χ4v) is 2.20. The summed E-state index contributed by atoms with van der Waals surface area (Å²) in [4.78, 5) is 11.8. The van der Waals surface area contributed by atoms with E-state index < -0.39 is 17.8 Å². The first kappa shape index (κ1) is 16.2. The van der Waals surface area contributed by atoms with E-state index in [0.717, 1.165) is 16.9 Å². The number of hydrogen-bond acceptors (Lipinski definition) is 4. The summed E-state index contributed by atoms with van der Waals surface area (Å²) in [7, 11) is 0. The maximum absolute atomic E-state index is 12.4. The highest BCUT2D eigenvalue weighted by molar-refractivity contribution is 5.75. The predicted molar refractivity (Wildman–Crippen MR) is 76.6 cm³/mol. The summed E-state index contributed by atoms with van der Waals surface area (Å²) >= 11 is 0. The fourth-order valence-electron chi connectivity index (χ4n) is 2.20. The molecule has 0 aliphatic carbocycles. The minimum Gasteiger partial charge on any atom is -0.486 e. The molecule has 2 heterocycles. The van der Waals surface area contributed by atoms with Gasteiger partial charge in [0.2, 0.25) is 5.91 Å². The van der Waals surface area contributed by atoms with Crippen LogP contribution >= 0.6 is 0 Å². The Kier molecular flexibility index (Phi) is 4.32. The van der Waals surface area contributed by atoms with Gasteiger partial charge in [-0.2, -0.15) is 18.3 Å². The van der Waals surface area contributed by atoms with Crippen LogP contribution in [-0.4, -0.2) is 34.9 Å². The Morgan fingerprint density at radius 2 is 2.04 bits per heavy atom. The summed E-state index contributed by atoms with van der Waals surface area (Å²) in [6.07, 6.45) is -3.78. The average Bonchev–Trinajstić information content (AvgIpc) is 3.01. The molecule has 1 aliphatic rings. The monoisotopic (exact) mass is 341 g/mol. The maximum atomic E-state index is 12.4. The quantitative estimate of drug-likeness (QED) is 0.922. The molecule has 0 bridgehead atoms. The van der Waals surface area contributed by atoms with Crippen molar-refractivity contribution >= 4 is 5.91 Å². The van der Waals surface area contributed by atoms with Crippen molar-refractivity contribution in [3.05, 3.63) is 42.2 Å². The summed E-state index contributed by atoms with van der Waals surface area (Å²) in [5.41, 5.74) is -1.03. The Hall–Kier alpha value is -2.71. The topological polar surface area (TPSA) is 65.4 Å². The molecule has 0 fully saturated rings. The van der Waals surface area contributed by atoms with Crippen LogP contribution < -0.4 is 14.8 Å². The SMILES string of the molecule is O=C(Cn1ccc(C(F)(F)F)n1)NCC1COc2ccccc2O1. The lowest BCUT2D eigenvalue weighted by molar-refractivity contribution is -0.141. The third-order valence-corrected chi connectivity index (χ3v) is 3.33. The zero-order valence-electron chi connectivity index (χ0n) is 12.4. The first-order chi connectivity index (χ1) is 11.4. The molecule has 1 aromatic heterocycles. The van der Waals surface area contributed by atoms with Crippen molar-refractivity contribution in [3.8, 4) is 11.5 Å². The second kappa shape index (κ2) is 6.42. The van der Waals surface area contributed by atoms with Gasteiger partial charge in [-0.3, -0.25) is 9.48 Å². The number of nitrogens with zero attached hydrogens (tertiary/aromatic N) is 2. The van der Waals surface area contributed by atoms with E-state index in [1.165, 1.54) is 0 Å². The van der Waals surface area contributed by atoms with Gasteiger partial charge in [-0.15, -0.1) is 0 Å². The molecule has 1 amide bonds. The molecule has 0 spiro atoms. The van der Waals surface area contributed by atoms with E-state index in [2.05, 4.69) is 10.4 Å². The molecule has 2 aromatic rings. The van der Waals surface area contributed by atoms with Crippen LogP contribution in [0.4, 0.5) is 13.2 Å². The summed E-state index contributed by atoms with van der Waals surface area (Å²) < 4.78 is 49.4. The zero-order chi connectivity index (χ0) is 17.2. The molecule has 0 radical (unpaired) electrons. The van der Waals surface area contributed by atoms with Crippen molar-refractivity contribution in [2.75, 3.05) is 13.2 Å². The molecule has 1 unspecified atom stereocenters. The number of ether oxygens (including phenoxy) is 2. The number of aromatic nitrogens is 2. The Bertz CT molecular complexity index is 730. The van der Waals surface area contributed by atoms with Crippen LogP contribution in [-0.2, 0) is 17.5 Å². The number of amides is 1. The average molecular weight is 341 g/mol. The van der Waals surface area contributed by atoms with E-state index in [-0.39, 0.29) is 25.8 Å². The Morgan fingerprint density at radius 1 is 1.29 bits per heavy atom. The number of rotatable bonds is 4. The highest BCUT2D eigenvalue weighted by atomic mass is 19.4. The predicted octanol–water partition coefficient (Wildman–Crippen LogP) is 1.86. The van der Waals surface area contributed by atoms with Gasteiger partial charge in [0.25, 0.3) is 0 Å². The number of halogens is 3. The Balaban J connectivity index is 1.49. The van der Waals surface area contributed by atoms with Crippen molar-refractivity contribution in [1.29, 1.82) is 0 Å². The first-order valence-corrected chi connectivity index (χ1v) is 7.17. The highest BCUT2D eigenvalue weighted by Gasteiger charge is 2.33. The molecule has 0 saturated heterocycles. The number of fused-ring (bicyclic) bond motifs is 1. The van der Waals surface area contributed by atoms with E-state index in [9.17, 15) is 18.0 Å². The number of carbonyl (C=O) groups excluding carboxylic acids is 1. The van der Waals surface area contributed by atoms with Crippen molar-refractivity contribution in [2.45, 2.75) is 18.8 Å². The van der Waals surface area contributed by atoms with E-state index >= 15 is 0 Å². The largest absolute Gasteiger partial charge is 0.486 e. The molecule has 1 aromatic carbocycles. The highest BCUT2D eigenvalue weighted by Crippen LogP contribution is 2.30. The van der Waals surface area contributed by atoms with Crippen LogP contribution in [0.2, 0.25) is 0 Å². The van der Waals surface area contributed by atoms with E-state index in [1.807, 2.05) is 6.07 Å². The van der Waals surface area contributed by atoms with Crippen molar-refractivity contribution in [1.82, 2.24) is 15.1 Å². The lowest BCUT2D eigenvalue weighted by Gasteiger charge is -2.26. The van der Waals surface area contributed by atoms with Crippen LogP contribution in [0.5, 0.6) is 11.5 Å². The first-order valence-electron chi connectivity index (χ1n) is 7.17. The van der Waals surface area contributed by atoms with Crippen LogP contribution in [0, 0.1) is 0 Å². The van der Waals surface area contributed by atoms with Gasteiger partial charge in [0.15, 0.2) is 17.2 Å². The summed E-state index contributed by atoms with van der Waals surface area (Å²) in [6, 6.07) is 7.98. The van der Waals surface area contributed by atoms with Gasteiger partial charge in [0, 0.05) is 6.20 Å². The van der Waals surface area contributed by atoms with Gasteiger partial charge < -0.3 is 14.8 Å². The molecular formula is C15H14F3N3O3. The minimum absolute atomic E-state index is 0.181. The standard InChI is InChI=1S/C15H14F3N3O3/c16-15(17,18)13-5-6-21(20-13)8-14(22)19-7-10-9-23-11-3-1-2-4-12(11)24-10/h1-6,10H,7-9H2,(H,19,22). The molecule has 0 saturated carbocycles. The van der Waals surface area contributed by atoms with E-state index in [1.54, 1.807) is 18.2 Å². The Labute approximate surface area is 135 Å². The Morgan fingerprint density at radius 3 is 2.75 bits per heavy atom. The molecule has 3 rings (SSSR count). The third kappa shape index (κ3) is 3.79. The molecule has 1 N–H and O–H groups in total. The second-order valence-corrected chi connectivity index (χ2v) is 5.20. The minimum atomic E-state index is -4.53. The normalized spacial score (nSPS) is 16.7. The maximum Gasteiger partial charge on any atom is 0.435 e. The third-order valence-electron chi connectivity index (χ3n) is 3.33. The fraction of sp³-hybridized carbons (Fsp3) is 0.333. The summed E-state index contributed by atoms with van der Waals surface area (Å²) in [6.45, 7) is 0.151. The van der Waals surface area contributed by atoms with Crippen LogP contribution in [0.15, 0.2) is 36.5 Å². The second-order valence-electron chi connectivity index (χ2n) is 5.20. The smallest absolute Gasteiger partial charge is 0.435 e. The number of carbonyl (C=O) groups is 1. The summed E-state index contributed by atoms with van der Waals surface area (Å²) in [5, 5.41) is 5.91. The van der Waals surface area contributed by atoms with E-state index in [0.29, 0.717) is 11.5 Å². The van der Waals surface area contributed by atoms with Gasteiger partial charge in [0.05, 0.1) is 6.54 Å². The number of hydrogen-bond donors (Lipinski definition) is 1. The van der Waals surface area contributed by atoms with Gasteiger partial charge >= 0.3 is 6.18 Å². The van der Waals surface area contributed by atoms with Gasteiger partial charge in [0.1, 0.15) is 19.3 Å². The molecular weight excluding hydrogens is 327 g/mol. The lowest BCUT2D eigenvalue weighted by atomic mass is 10.2. The van der Waals surface area contributed by atoms with Crippen LogP contribution in [0.25, 0.3) is 0 Å². The van der Waals surface area contributed by atoms with Gasteiger partial charge in [-0.05, 0) is 18.2 Å². The lowest BCUT2D eigenvalue weighted by Crippen LogP contribution is -2.41. The molecule has 1 aliphatic heterocycles. The number of alkyl halides is 3. The zero-order valence-corrected chi connectivity index (χ0v) is 12.4. The van der Waals surface area contributed by atoms with Crippen LogP contribution in [0.1, 0.15) is 5.69 Å². The van der Waals surface area contributed by atoms with Gasteiger partial charge in [-0.1, -0.05) is 12.1 Å². The number of benzene rings is 1. The van der Waals surface area contributed by atoms with Crippen molar-refractivity contribution < 1.29 is 27.4 Å². The molecule has 9 heteroatoms. The number of nitrogens with one attached hydrogen (secondary N) is 1. The van der Waals surface area contributed by atoms with Gasteiger partial charge in [-0.25, -0.2) is 0 Å². The molecule has 1 atom stereocenters. The van der Waals surface area contributed by atoms with Crippen molar-refractivity contribution in [3.63, 3.8) is 0 Å². The van der Waals surface area contributed by atoms with Crippen molar-refractivity contribution in [2.24, 2.45) is 0 Å². The summed E-state index contributed by atoms with van der Waals surface area (Å²) in [5.74, 6) is 0.760. The molecule has 6 nitrogen and oxygen atoms in total. The van der Waals surface area contributed by atoms with E-state index in [4.69, 9.17) is 9.47 Å².